The predicted molar refractivity (Wildman–Crippen MR) is 127 cm³/mol. The van der Waals surface area contributed by atoms with Crippen LogP contribution in [-0.2, 0) is 13.1 Å². The van der Waals surface area contributed by atoms with Crippen molar-refractivity contribution in [3.8, 4) is 0 Å². The second-order valence-corrected chi connectivity index (χ2v) is 8.63. The highest BCUT2D eigenvalue weighted by molar-refractivity contribution is 5.75. The number of nitrogens with zero attached hydrogens (tertiary/aromatic N) is 5. The van der Waals surface area contributed by atoms with Gasteiger partial charge in [0.25, 0.3) is 0 Å². The SMILES string of the molecule is CC1c2cccn2CCN1C(=O)NCc1ccnc(N2CCN(c3ccc(F)cc3)CC2)c1. The van der Waals surface area contributed by atoms with E-state index in [1.54, 1.807) is 6.20 Å². The highest BCUT2D eigenvalue weighted by atomic mass is 19.1. The maximum Gasteiger partial charge on any atom is 0.318 e. The summed E-state index contributed by atoms with van der Waals surface area (Å²) in [6.45, 7) is 7.44. The Labute approximate surface area is 193 Å². The summed E-state index contributed by atoms with van der Waals surface area (Å²) in [5.41, 5.74) is 3.24. The molecule has 0 aliphatic carbocycles. The largest absolute Gasteiger partial charge is 0.368 e. The van der Waals surface area contributed by atoms with Gasteiger partial charge in [0.15, 0.2) is 0 Å². The van der Waals surface area contributed by atoms with Crippen LogP contribution in [0.15, 0.2) is 60.9 Å². The van der Waals surface area contributed by atoms with Gasteiger partial charge in [0.1, 0.15) is 11.6 Å². The molecule has 0 saturated carbocycles. The van der Waals surface area contributed by atoms with Gasteiger partial charge in [-0.25, -0.2) is 14.2 Å². The third-order valence-electron chi connectivity index (χ3n) is 6.65. The Morgan fingerprint density at radius 1 is 1.03 bits per heavy atom. The Morgan fingerprint density at radius 3 is 2.58 bits per heavy atom. The van der Waals surface area contributed by atoms with Crippen LogP contribution in [0.5, 0.6) is 0 Å². The molecule has 172 valence electrons. The van der Waals surface area contributed by atoms with Crippen molar-refractivity contribution in [1.29, 1.82) is 0 Å². The van der Waals surface area contributed by atoms with E-state index in [1.165, 1.54) is 17.8 Å². The molecule has 1 aromatic carbocycles. The zero-order chi connectivity index (χ0) is 22.8. The second-order valence-electron chi connectivity index (χ2n) is 8.63. The molecule has 1 unspecified atom stereocenters. The fourth-order valence-electron chi connectivity index (χ4n) is 4.72. The highest BCUT2D eigenvalue weighted by Crippen LogP contribution is 2.25. The molecular weight excluding hydrogens is 419 g/mol. The van der Waals surface area contributed by atoms with E-state index in [0.717, 1.165) is 49.8 Å². The lowest BCUT2D eigenvalue weighted by molar-refractivity contribution is 0.162. The van der Waals surface area contributed by atoms with Crippen LogP contribution in [0.25, 0.3) is 0 Å². The zero-order valence-electron chi connectivity index (χ0n) is 18.8. The standard InChI is InChI=1S/C25H29FN6O/c1-19-23-3-2-10-30(23)15-16-32(19)25(33)28-18-20-8-9-27-24(17-20)31-13-11-29(12-14-31)22-6-4-21(26)5-7-22/h2-10,17,19H,11-16,18H2,1H3,(H,28,33). The molecule has 3 aromatic rings. The first kappa shape index (κ1) is 21.3. The van der Waals surface area contributed by atoms with E-state index in [2.05, 4.69) is 49.9 Å². The molecule has 2 aliphatic heterocycles. The van der Waals surface area contributed by atoms with Gasteiger partial charge in [0.2, 0.25) is 0 Å². The maximum atomic E-state index is 13.2. The Balaban J connectivity index is 1.16. The highest BCUT2D eigenvalue weighted by Gasteiger charge is 2.27. The van der Waals surface area contributed by atoms with Gasteiger partial charge >= 0.3 is 6.03 Å². The average Bonchev–Trinajstić information content (AvgIpc) is 3.34. The molecule has 2 amide bonds. The number of fused-ring (bicyclic) bond motifs is 1. The number of carbonyl (C=O) groups excluding carboxylic acids is 1. The van der Waals surface area contributed by atoms with Crippen LogP contribution in [0.4, 0.5) is 20.7 Å². The molecule has 4 heterocycles. The van der Waals surface area contributed by atoms with Crippen LogP contribution in [-0.4, -0.2) is 53.2 Å². The first-order valence-electron chi connectivity index (χ1n) is 11.5. The predicted octanol–water partition coefficient (Wildman–Crippen LogP) is 3.64. The number of hydrogen-bond donors (Lipinski definition) is 1. The molecule has 1 fully saturated rings. The molecule has 8 heteroatoms. The molecule has 1 N–H and O–H groups in total. The van der Waals surface area contributed by atoms with Crippen LogP contribution in [0.2, 0.25) is 0 Å². The lowest BCUT2D eigenvalue weighted by atomic mass is 10.1. The van der Waals surface area contributed by atoms with Crippen LogP contribution in [0.1, 0.15) is 24.2 Å². The van der Waals surface area contributed by atoms with Gasteiger partial charge in [-0.2, -0.15) is 0 Å². The fourth-order valence-corrected chi connectivity index (χ4v) is 4.72. The summed E-state index contributed by atoms with van der Waals surface area (Å²) < 4.78 is 15.4. The summed E-state index contributed by atoms with van der Waals surface area (Å²) in [5, 5.41) is 3.08. The summed E-state index contributed by atoms with van der Waals surface area (Å²) in [4.78, 5) is 23.8. The van der Waals surface area contributed by atoms with E-state index < -0.39 is 0 Å². The number of pyridine rings is 1. The minimum absolute atomic E-state index is 0.0405. The normalized spacial score (nSPS) is 18.2. The molecule has 7 nitrogen and oxygen atoms in total. The van der Waals surface area contributed by atoms with E-state index in [-0.39, 0.29) is 17.9 Å². The van der Waals surface area contributed by atoms with Gasteiger partial charge in [0.05, 0.1) is 6.04 Å². The lowest BCUT2D eigenvalue weighted by Crippen LogP contribution is -2.47. The van der Waals surface area contributed by atoms with E-state index in [4.69, 9.17) is 0 Å². The number of rotatable bonds is 4. The van der Waals surface area contributed by atoms with Crippen molar-refractivity contribution >= 4 is 17.5 Å². The fraction of sp³-hybridized carbons (Fsp3) is 0.360. The van der Waals surface area contributed by atoms with Gasteiger partial charge < -0.3 is 24.6 Å². The Morgan fingerprint density at radius 2 is 1.79 bits per heavy atom. The van der Waals surface area contributed by atoms with Crippen molar-refractivity contribution < 1.29 is 9.18 Å². The lowest BCUT2D eigenvalue weighted by Gasteiger charge is -2.37. The number of anilines is 2. The maximum absolute atomic E-state index is 13.2. The molecule has 33 heavy (non-hydrogen) atoms. The Hall–Kier alpha value is -3.55. The number of benzene rings is 1. The summed E-state index contributed by atoms with van der Waals surface area (Å²) in [6.07, 6.45) is 3.87. The smallest absolute Gasteiger partial charge is 0.318 e. The quantitative estimate of drug-likeness (QED) is 0.662. The van der Waals surface area contributed by atoms with E-state index in [9.17, 15) is 9.18 Å². The Kier molecular flexibility index (Phi) is 5.90. The number of hydrogen-bond acceptors (Lipinski definition) is 4. The molecule has 0 bridgehead atoms. The van der Waals surface area contributed by atoms with E-state index in [0.29, 0.717) is 13.1 Å². The topological polar surface area (TPSA) is 56.6 Å². The van der Waals surface area contributed by atoms with Crippen LogP contribution < -0.4 is 15.1 Å². The molecule has 2 aromatic heterocycles. The van der Waals surface area contributed by atoms with Crippen molar-refractivity contribution in [3.63, 3.8) is 0 Å². The number of aromatic nitrogens is 2. The average molecular weight is 449 g/mol. The number of urea groups is 1. The molecule has 1 atom stereocenters. The molecule has 0 radical (unpaired) electrons. The minimum atomic E-state index is -0.213. The van der Waals surface area contributed by atoms with Crippen molar-refractivity contribution in [3.05, 3.63) is 78.0 Å². The number of nitrogens with one attached hydrogen (secondary N) is 1. The van der Waals surface area contributed by atoms with Crippen molar-refractivity contribution in [1.82, 2.24) is 19.8 Å². The van der Waals surface area contributed by atoms with E-state index >= 15 is 0 Å². The van der Waals surface area contributed by atoms with Crippen molar-refractivity contribution in [2.45, 2.75) is 26.1 Å². The number of carbonyl (C=O) groups is 1. The summed E-state index contributed by atoms with van der Waals surface area (Å²) in [5.74, 6) is 0.708. The number of piperazine rings is 1. The third kappa shape index (κ3) is 4.51. The van der Waals surface area contributed by atoms with Gasteiger partial charge in [-0.05, 0) is 61.0 Å². The van der Waals surface area contributed by atoms with Gasteiger partial charge in [-0.15, -0.1) is 0 Å². The summed E-state index contributed by atoms with van der Waals surface area (Å²) in [6, 6.07) is 14.8. The van der Waals surface area contributed by atoms with Gasteiger partial charge in [-0.1, -0.05) is 0 Å². The molecular formula is C25H29FN6O. The molecule has 1 saturated heterocycles. The first-order valence-corrected chi connectivity index (χ1v) is 11.5. The van der Waals surface area contributed by atoms with Crippen molar-refractivity contribution in [2.24, 2.45) is 0 Å². The van der Waals surface area contributed by atoms with E-state index in [1.807, 2.05) is 29.2 Å². The summed E-state index contributed by atoms with van der Waals surface area (Å²) >= 11 is 0. The zero-order valence-corrected chi connectivity index (χ0v) is 18.8. The number of halogens is 1. The van der Waals surface area contributed by atoms with Crippen molar-refractivity contribution in [2.75, 3.05) is 42.5 Å². The monoisotopic (exact) mass is 448 g/mol. The molecule has 5 rings (SSSR count). The molecule has 0 spiro atoms. The van der Waals surface area contributed by atoms with Gasteiger partial charge in [0, 0.05) is 69.6 Å². The minimum Gasteiger partial charge on any atom is -0.368 e. The van der Waals surface area contributed by atoms with Gasteiger partial charge in [-0.3, -0.25) is 0 Å². The third-order valence-corrected chi connectivity index (χ3v) is 6.65. The van der Waals surface area contributed by atoms with Crippen LogP contribution in [0.3, 0.4) is 0 Å². The van der Waals surface area contributed by atoms with Crippen LogP contribution in [0, 0.1) is 5.82 Å². The second kappa shape index (κ2) is 9.13. The number of amides is 2. The Bertz CT molecular complexity index is 1110. The molecule has 2 aliphatic rings. The van der Waals surface area contributed by atoms with Crippen LogP contribution >= 0.6 is 0 Å². The summed E-state index contributed by atoms with van der Waals surface area (Å²) in [7, 11) is 0. The first-order chi connectivity index (χ1) is 16.1.